The minimum absolute atomic E-state index is 0.387. The van der Waals surface area contributed by atoms with Gasteiger partial charge in [-0.25, -0.2) is 14.9 Å². The van der Waals surface area contributed by atoms with Crippen LogP contribution in [0.3, 0.4) is 0 Å². The highest BCUT2D eigenvalue weighted by molar-refractivity contribution is 5.29. The number of hydrogen-bond acceptors (Lipinski definition) is 4. The van der Waals surface area contributed by atoms with Crippen LogP contribution in [0.15, 0.2) is 23.1 Å². The summed E-state index contributed by atoms with van der Waals surface area (Å²) in [6.07, 6.45) is 1.60. The Morgan fingerprint density at radius 2 is 2.38 bits per heavy atom. The Labute approximate surface area is 73.2 Å². The fourth-order valence-electron chi connectivity index (χ4n) is 1.04. The predicted octanol–water partition coefficient (Wildman–Crippen LogP) is -0.341. The number of nitrogens with one attached hydrogen (secondary N) is 1. The van der Waals surface area contributed by atoms with Gasteiger partial charge >= 0.3 is 5.69 Å². The summed E-state index contributed by atoms with van der Waals surface area (Å²) in [5.41, 5.74) is 0.486. The number of pyridine rings is 1. The second-order valence-corrected chi connectivity index (χ2v) is 2.56. The summed E-state index contributed by atoms with van der Waals surface area (Å²) >= 11 is 0. The Kier molecular flexibility index (Phi) is 1.66. The maximum atomic E-state index is 11.1. The average Bonchev–Trinajstić information content (AvgIpc) is 2.52. The Morgan fingerprint density at radius 3 is 3.00 bits per heavy atom. The monoisotopic (exact) mass is 177 g/mol. The van der Waals surface area contributed by atoms with Crippen molar-refractivity contribution in [3.05, 3.63) is 34.4 Å². The second-order valence-electron chi connectivity index (χ2n) is 2.56. The van der Waals surface area contributed by atoms with Crippen molar-refractivity contribution in [3.8, 4) is 5.82 Å². The molecule has 0 fully saturated rings. The highest BCUT2D eigenvalue weighted by Gasteiger charge is 2.05. The molecule has 0 atom stereocenters. The van der Waals surface area contributed by atoms with E-state index < -0.39 is 0 Å². The Hall–Kier alpha value is -1.98. The molecule has 0 radical (unpaired) electrons. The summed E-state index contributed by atoms with van der Waals surface area (Å²) in [5.74, 6) is 0.501. The lowest BCUT2D eigenvalue weighted by molar-refractivity contribution is 0.755. The number of aromatic nitrogens is 5. The van der Waals surface area contributed by atoms with Crippen LogP contribution in [0, 0.1) is 6.92 Å². The fraction of sp³-hybridized carbons (Fsp3) is 0.143. The number of hydrogen-bond donors (Lipinski definition) is 1. The first-order valence-electron chi connectivity index (χ1n) is 3.71. The molecule has 2 rings (SSSR count). The number of rotatable bonds is 1. The minimum Gasteiger partial charge on any atom is -0.244 e. The van der Waals surface area contributed by atoms with Crippen LogP contribution in [-0.4, -0.2) is 25.2 Å². The molecule has 0 aliphatic heterocycles. The van der Waals surface area contributed by atoms with Crippen LogP contribution in [0.2, 0.25) is 0 Å². The average molecular weight is 177 g/mol. The molecule has 6 nitrogen and oxygen atoms in total. The lowest BCUT2D eigenvalue weighted by Gasteiger charge is -1.99. The Morgan fingerprint density at radius 1 is 1.54 bits per heavy atom. The molecule has 0 unspecified atom stereocenters. The molecule has 13 heavy (non-hydrogen) atoms. The van der Waals surface area contributed by atoms with Crippen molar-refractivity contribution in [2.75, 3.05) is 0 Å². The van der Waals surface area contributed by atoms with Gasteiger partial charge in [0.25, 0.3) is 0 Å². The van der Waals surface area contributed by atoms with Crippen LogP contribution in [0.5, 0.6) is 0 Å². The van der Waals surface area contributed by atoms with Crippen LogP contribution in [0.4, 0.5) is 0 Å². The van der Waals surface area contributed by atoms with E-state index >= 15 is 0 Å². The molecule has 1 N–H and O–H groups in total. The first-order valence-corrected chi connectivity index (χ1v) is 3.71. The Bertz CT molecular complexity index is 471. The molecule has 6 heteroatoms. The van der Waals surface area contributed by atoms with E-state index in [0.29, 0.717) is 5.82 Å². The molecule has 0 amide bonds. The van der Waals surface area contributed by atoms with Gasteiger partial charge < -0.3 is 0 Å². The maximum absolute atomic E-state index is 11.1. The van der Waals surface area contributed by atoms with Gasteiger partial charge in [-0.15, -0.1) is 4.68 Å². The van der Waals surface area contributed by atoms with Crippen molar-refractivity contribution in [2.45, 2.75) is 6.92 Å². The van der Waals surface area contributed by atoms with E-state index in [1.165, 1.54) is 0 Å². The zero-order valence-electron chi connectivity index (χ0n) is 6.93. The maximum Gasteiger partial charge on any atom is 0.367 e. The molecule has 0 saturated heterocycles. The lowest BCUT2D eigenvalue weighted by Crippen LogP contribution is -2.18. The van der Waals surface area contributed by atoms with E-state index in [-0.39, 0.29) is 5.69 Å². The third kappa shape index (κ3) is 1.22. The fourth-order valence-corrected chi connectivity index (χ4v) is 1.04. The molecule has 0 aliphatic carbocycles. The van der Waals surface area contributed by atoms with E-state index in [0.717, 1.165) is 10.2 Å². The first-order chi connectivity index (χ1) is 6.29. The standard InChI is InChI=1S/C7H7N5O/c1-5-3-2-4-8-6(5)12-7(13)9-10-11-12/h2-4H,1H3,(H,9,11,13). The molecule has 0 saturated carbocycles. The van der Waals surface area contributed by atoms with Gasteiger partial charge in [-0.05, 0) is 29.0 Å². The molecular weight excluding hydrogens is 170 g/mol. The van der Waals surface area contributed by atoms with Crippen LogP contribution < -0.4 is 5.69 Å². The van der Waals surface area contributed by atoms with Crippen LogP contribution >= 0.6 is 0 Å². The summed E-state index contributed by atoms with van der Waals surface area (Å²) < 4.78 is 1.12. The topological polar surface area (TPSA) is 76.5 Å². The largest absolute Gasteiger partial charge is 0.367 e. The number of H-pyrrole nitrogens is 1. The summed E-state index contributed by atoms with van der Waals surface area (Å²) in [7, 11) is 0. The molecule has 0 spiro atoms. The number of tetrazole rings is 1. The summed E-state index contributed by atoms with van der Waals surface area (Å²) in [5, 5.41) is 9.16. The molecule has 2 heterocycles. The first kappa shape index (κ1) is 7.66. The van der Waals surface area contributed by atoms with Crippen molar-refractivity contribution in [1.82, 2.24) is 25.2 Å². The van der Waals surface area contributed by atoms with Crippen molar-refractivity contribution in [2.24, 2.45) is 0 Å². The normalized spacial score (nSPS) is 10.2. The van der Waals surface area contributed by atoms with E-state index in [1.54, 1.807) is 12.3 Å². The minimum atomic E-state index is -0.387. The van der Waals surface area contributed by atoms with Gasteiger partial charge in [0.2, 0.25) is 0 Å². The molecule has 2 aromatic rings. The molecule has 0 aromatic carbocycles. The van der Waals surface area contributed by atoms with Gasteiger partial charge in [0, 0.05) is 6.20 Å². The SMILES string of the molecule is Cc1cccnc1-n1nn[nH]c1=O. The van der Waals surface area contributed by atoms with E-state index in [1.807, 2.05) is 13.0 Å². The highest BCUT2D eigenvalue weighted by Crippen LogP contribution is 2.04. The van der Waals surface area contributed by atoms with Crippen molar-refractivity contribution < 1.29 is 0 Å². The zero-order chi connectivity index (χ0) is 9.26. The summed E-state index contributed by atoms with van der Waals surface area (Å²) in [6.45, 7) is 1.85. The van der Waals surface area contributed by atoms with Crippen LogP contribution in [-0.2, 0) is 0 Å². The number of aromatic amines is 1. The van der Waals surface area contributed by atoms with Gasteiger partial charge in [-0.3, -0.25) is 0 Å². The molecular formula is C7H7N5O. The number of nitrogens with zero attached hydrogens (tertiary/aromatic N) is 4. The number of aryl methyl sites for hydroxylation is 1. The highest BCUT2D eigenvalue weighted by atomic mass is 16.2. The van der Waals surface area contributed by atoms with E-state index in [9.17, 15) is 4.79 Å². The van der Waals surface area contributed by atoms with E-state index in [2.05, 4.69) is 20.5 Å². The smallest absolute Gasteiger partial charge is 0.244 e. The molecule has 0 bridgehead atoms. The second kappa shape index (κ2) is 2.81. The van der Waals surface area contributed by atoms with Crippen molar-refractivity contribution in [1.29, 1.82) is 0 Å². The van der Waals surface area contributed by atoms with Gasteiger partial charge in [0.15, 0.2) is 5.82 Å². The third-order valence-electron chi connectivity index (χ3n) is 1.65. The van der Waals surface area contributed by atoms with Crippen LogP contribution in [0.25, 0.3) is 5.82 Å². The quantitative estimate of drug-likeness (QED) is 0.646. The van der Waals surface area contributed by atoms with Gasteiger partial charge in [-0.1, -0.05) is 6.07 Å². The zero-order valence-corrected chi connectivity index (χ0v) is 6.93. The predicted molar refractivity (Wildman–Crippen MR) is 44.5 cm³/mol. The van der Waals surface area contributed by atoms with E-state index in [4.69, 9.17) is 0 Å². The van der Waals surface area contributed by atoms with Crippen molar-refractivity contribution >= 4 is 0 Å². The van der Waals surface area contributed by atoms with Gasteiger partial charge in [-0.2, -0.15) is 0 Å². The third-order valence-corrected chi connectivity index (χ3v) is 1.65. The van der Waals surface area contributed by atoms with Gasteiger partial charge in [0.05, 0.1) is 0 Å². The van der Waals surface area contributed by atoms with Gasteiger partial charge in [0.1, 0.15) is 0 Å². The molecule has 2 aromatic heterocycles. The molecule has 66 valence electrons. The van der Waals surface area contributed by atoms with Crippen molar-refractivity contribution in [3.63, 3.8) is 0 Å². The summed E-state index contributed by atoms with van der Waals surface area (Å²) in [6, 6.07) is 3.65. The summed E-state index contributed by atoms with van der Waals surface area (Å²) in [4.78, 5) is 15.1. The lowest BCUT2D eigenvalue weighted by atomic mass is 10.3. The Balaban J connectivity index is 2.66. The van der Waals surface area contributed by atoms with Crippen LogP contribution in [0.1, 0.15) is 5.56 Å². The molecule has 0 aliphatic rings.